The Bertz CT molecular complexity index is 359. The molecule has 1 amide bonds. The van der Waals surface area contributed by atoms with Gasteiger partial charge in [-0.25, -0.2) is 4.79 Å². The Morgan fingerprint density at radius 3 is 2.56 bits per heavy atom. The van der Waals surface area contributed by atoms with Crippen molar-refractivity contribution in [3.63, 3.8) is 0 Å². The Kier molecular flexibility index (Phi) is 4.49. The van der Waals surface area contributed by atoms with E-state index in [1.54, 1.807) is 11.4 Å². The lowest BCUT2D eigenvalue weighted by Gasteiger charge is -2.19. The van der Waals surface area contributed by atoms with E-state index in [2.05, 4.69) is 10.1 Å². The van der Waals surface area contributed by atoms with Crippen LogP contribution in [0.15, 0.2) is 16.8 Å². The van der Waals surface area contributed by atoms with Crippen LogP contribution in [0.2, 0.25) is 0 Å². The molecule has 1 heterocycles. The summed E-state index contributed by atoms with van der Waals surface area (Å²) in [5, 5.41) is 6.22. The van der Waals surface area contributed by atoms with Gasteiger partial charge in [0, 0.05) is 5.38 Å². The summed E-state index contributed by atoms with van der Waals surface area (Å²) >= 11 is 1.44. The molecule has 0 aromatic carbocycles. The Labute approximate surface area is 98.6 Å². The van der Waals surface area contributed by atoms with Crippen molar-refractivity contribution < 1.29 is 14.3 Å². The second-order valence-corrected chi connectivity index (χ2v) is 4.51. The highest BCUT2D eigenvalue weighted by molar-refractivity contribution is 7.08. The van der Waals surface area contributed by atoms with E-state index in [-0.39, 0.29) is 11.8 Å². The minimum atomic E-state index is -0.600. The molecule has 0 fully saturated rings. The maximum atomic E-state index is 11.7. The lowest BCUT2D eigenvalue weighted by Crippen LogP contribution is -2.44. The maximum Gasteiger partial charge on any atom is 0.328 e. The molecule has 0 saturated heterocycles. The lowest BCUT2D eigenvalue weighted by molar-refractivity contribution is -0.144. The number of nitrogens with one attached hydrogen (secondary N) is 1. The third kappa shape index (κ3) is 3.06. The van der Waals surface area contributed by atoms with Crippen LogP contribution in [-0.2, 0) is 9.53 Å². The predicted molar refractivity (Wildman–Crippen MR) is 62.4 cm³/mol. The predicted octanol–water partition coefficient (Wildman–Crippen LogP) is 1.68. The van der Waals surface area contributed by atoms with Gasteiger partial charge in [0.25, 0.3) is 5.91 Å². The second-order valence-electron chi connectivity index (χ2n) is 3.73. The van der Waals surface area contributed by atoms with Gasteiger partial charge in [-0.2, -0.15) is 11.3 Å². The van der Waals surface area contributed by atoms with E-state index in [0.717, 1.165) is 0 Å². The first-order valence-electron chi connectivity index (χ1n) is 4.97. The molecule has 0 unspecified atom stereocenters. The molecule has 0 aliphatic carbocycles. The van der Waals surface area contributed by atoms with E-state index >= 15 is 0 Å². The van der Waals surface area contributed by atoms with Crippen LogP contribution in [0.5, 0.6) is 0 Å². The highest BCUT2D eigenvalue weighted by atomic mass is 32.1. The van der Waals surface area contributed by atoms with E-state index < -0.39 is 12.0 Å². The number of methoxy groups -OCH3 is 1. The largest absolute Gasteiger partial charge is 0.467 e. The van der Waals surface area contributed by atoms with Crippen molar-refractivity contribution in [3.05, 3.63) is 22.4 Å². The third-order valence-corrected chi connectivity index (χ3v) is 2.87. The van der Waals surface area contributed by atoms with Gasteiger partial charge in [-0.15, -0.1) is 0 Å². The second kappa shape index (κ2) is 5.65. The average molecular weight is 241 g/mol. The molecule has 1 aromatic rings. The number of amides is 1. The Morgan fingerprint density at radius 2 is 2.12 bits per heavy atom. The van der Waals surface area contributed by atoms with Gasteiger partial charge in [-0.05, 0) is 17.4 Å². The summed E-state index contributed by atoms with van der Waals surface area (Å²) in [6, 6.07) is 1.12. The fourth-order valence-electron chi connectivity index (χ4n) is 1.24. The summed E-state index contributed by atoms with van der Waals surface area (Å²) in [4.78, 5) is 23.2. The van der Waals surface area contributed by atoms with E-state index in [1.807, 2.05) is 19.2 Å². The van der Waals surface area contributed by atoms with Crippen LogP contribution in [0.25, 0.3) is 0 Å². The number of hydrogen-bond donors (Lipinski definition) is 1. The van der Waals surface area contributed by atoms with Crippen LogP contribution < -0.4 is 5.32 Å². The number of thiophene rings is 1. The Balaban J connectivity index is 2.69. The van der Waals surface area contributed by atoms with Crippen LogP contribution in [0, 0.1) is 5.92 Å². The first-order valence-corrected chi connectivity index (χ1v) is 5.91. The number of esters is 1. The van der Waals surface area contributed by atoms with Gasteiger partial charge in [-0.1, -0.05) is 13.8 Å². The van der Waals surface area contributed by atoms with Crippen molar-refractivity contribution in [1.29, 1.82) is 0 Å². The van der Waals surface area contributed by atoms with Crippen LogP contribution in [0.4, 0.5) is 0 Å². The maximum absolute atomic E-state index is 11.7. The molecule has 1 atom stereocenters. The van der Waals surface area contributed by atoms with Crippen LogP contribution in [0.3, 0.4) is 0 Å². The van der Waals surface area contributed by atoms with Crippen molar-refractivity contribution in [1.82, 2.24) is 5.32 Å². The summed E-state index contributed by atoms with van der Waals surface area (Å²) in [5.41, 5.74) is 0.569. The fourth-order valence-corrected chi connectivity index (χ4v) is 1.88. The molecule has 1 rings (SSSR count). The van der Waals surface area contributed by atoms with Crippen LogP contribution >= 0.6 is 11.3 Å². The molecule has 0 aliphatic rings. The molecule has 0 bridgehead atoms. The van der Waals surface area contributed by atoms with E-state index in [0.29, 0.717) is 5.56 Å². The molecular formula is C11H15NO3S. The number of hydrogen-bond acceptors (Lipinski definition) is 4. The standard InChI is InChI=1S/C11H15NO3S/c1-7(2)9(11(14)15-3)12-10(13)8-4-5-16-6-8/h4-7,9H,1-3H3,(H,12,13)/t9-/m0/s1. The molecule has 88 valence electrons. The van der Waals surface area contributed by atoms with Crippen molar-refractivity contribution in [2.45, 2.75) is 19.9 Å². The number of carbonyl (C=O) groups excluding carboxylic acids is 2. The molecule has 1 N–H and O–H groups in total. The molecule has 16 heavy (non-hydrogen) atoms. The van der Waals surface area contributed by atoms with Gasteiger partial charge in [0.1, 0.15) is 6.04 Å². The van der Waals surface area contributed by atoms with Crippen molar-refractivity contribution >= 4 is 23.2 Å². The zero-order valence-corrected chi connectivity index (χ0v) is 10.3. The summed E-state index contributed by atoms with van der Waals surface area (Å²) < 4.78 is 4.64. The highest BCUT2D eigenvalue weighted by Gasteiger charge is 2.25. The SMILES string of the molecule is COC(=O)[C@@H](NC(=O)c1ccsc1)C(C)C. The summed E-state index contributed by atoms with van der Waals surface area (Å²) in [7, 11) is 1.31. The van der Waals surface area contributed by atoms with Crippen molar-refractivity contribution in [3.8, 4) is 0 Å². The molecule has 0 saturated carbocycles. The molecule has 5 heteroatoms. The smallest absolute Gasteiger partial charge is 0.328 e. The quantitative estimate of drug-likeness (QED) is 0.816. The first-order chi connectivity index (χ1) is 7.56. The minimum Gasteiger partial charge on any atom is -0.467 e. The van der Waals surface area contributed by atoms with E-state index in [4.69, 9.17) is 0 Å². The van der Waals surface area contributed by atoms with Gasteiger partial charge in [0.2, 0.25) is 0 Å². The van der Waals surface area contributed by atoms with Crippen LogP contribution in [-0.4, -0.2) is 25.0 Å². The monoisotopic (exact) mass is 241 g/mol. The average Bonchev–Trinajstić information content (AvgIpc) is 2.77. The van der Waals surface area contributed by atoms with Crippen molar-refractivity contribution in [2.75, 3.05) is 7.11 Å². The normalized spacial score (nSPS) is 12.2. The van der Waals surface area contributed by atoms with Crippen molar-refractivity contribution in [2.24, 2.45) is 5.92 Å². The molecule has 0 aliphatic heterocycles. The van der Waals surface area contributed by atoms with Gasteiger partial charge in [0.05, 0.1) is 12.7 Å². The van der Waals surface area contributed by atoms with Gasteiger partial charge >= 0.3 is 5.97 Å². The van der Waals surface area contributed by atoms with E-state index in [1.165, 1.54) is 18.4 Å². The highest BCUT2D eigenvalue weighted by Crippen LogP contribution is 2.09. The Morgan fingerprint density at radius 1 is 1.44 bits per heavy atom. The minimum absolute atomic E-state index is 0.00460. The zero-order chi connectivity index (χ0) is 12.1. The lowest BCUT2D eigenvalue weighted by atomic mass is 10.0. The van der Waals surface area contributed by atoms with Gasteiger partial charge in [-0.3, -0.25) is 4.79 Å². The molecule has 0 radical (unpaired) electrons. The summed E-state index contributed by atoms with van der Waals surface area (Å²) in [6.45, 7) is 3.71. The molecule has 4 nitrogen and oxygen atoms in total. The fraction of sp³-hybridized carbons (Fsp3) is 0.455. The molecule has 1 aromatic heterocycles. The Hall–Kier alpha value is -1.36. The number of carbonyl (C=O) groups is 2. The first kappa shape index (κ1) is 12.7. The topological polar surface area (TPSA) is 55.4 Å². The number of ether oxygens (including phenoxy) is 1. The van der Waals surface area contributed by atoms with Gasteiger partial charge in [0.15, 0.2) is 0 Å². The van der Waals surface area contributed by atoms with Crippen LogP contribution in [0.1, 0.15) is 24.2 Å². The zero-order valence-electron chi connectivity index (χ0n) is 9.52. The summed E-state index contributed by atoms with van der Waals surface area (Å²) in [6.07, 6.45) is 0. The number of rotatable bonds is 4. The molecular weight excluding hydrogens is 226 g/mol. The molecule has 0 spiro atoms. The van der Waals surface area contributed by atoms with Gasteiger partial charge < -0.3 is 10.1 Å². The third-order valence-electron chi connectivity index (χ3n) is 2.19. The summed E-state index contributed by atoms with van der Waals surface area (Å²) in [5.74, 6) is -0.668. The van der Waals surface area contributed by atoms with E-state index in [9.17, 15) is 9.59 Å².